The van der Waals surface area contributed by atoms with Gasteiger partial charge in [0, 0.05) is 0 Å². The van der Waals surface area contributed by atoms with Crippen LogP contribution in [-0.2, 0) is 14.0 Å². The lowest BCUT2D eigenvalue weighted by Crippen LogP contribution is -2.38. The van der Waals surface area contributed by atoms with Crippen molar-refractivity contribution >= 4 is 14.3 Å². The average Bonchev–Trinajstić information content (AvgIpc) is 3.00. The minimum Gasteiger partial charge on any atom is -0.468 e. The molecule has 0 spiro atoms. The third-order valence-corrected chi connectivity index (χ3v) is 4.63. The standard InChI is InChI=1S/C17H28O3Si/c1-7-9-10-11-13-16(15(18)19-3)14-17(16,12-8-2)20-21(4,5)6/h7-12H,13-14H2,1-6H3/b9-7+,11-10-,12-8+/t16-,17+/m1/s1. The second-order valence-corrected chi connectivity index (χ2v) is 10.9. The lowest BCUT2D eigenvalue weighted by molar-refractivity contribution is -0.149. The van der Waals surface area contributed by atoms with Crippen LogP contribution in [0.25, 0.3) is 0 Å². The lowest BCUT2D eigenvalue weighted by Gasteiger charge is -2.28. The number of ether oxygens (including phenoxy) is 1. The van der Waals surface area contributed by atoms with Crippen molar-refractivity contribution in [3.63, 3.8) is 0 Å². The van der Waals surface area contributed by atoms with Crippen LogP contribution in [0.4, 0.5) is 0 Å². The average molecular weight is 308 g/mol. The zero-order chi connectivity index (χ0) is 16.1. The predicted molar refractivity (Wildman–Crippen MR) is 89.6 cm³/mol. The Balaban J connectivity index is 3.07. The van der Waals surface area contributed by atoms with Crippen molar-refractivity contribution in [2.45, 2.75) is 51.9 Å². The Bertz CT molecular complexity index is 459. The molecule has 1 saturated carbocycles. The van der Waals surface area contributed by atoms with E-state index in [0.717, 1.165) is 0 Å². The molecule has 1 rings (SSSR count). The number of hydrogen-bond acceptors (Lipinski definition) is 3. The Morgan fingerprint density at radius 1 is 1.19 bits per heavy atom. The topological polar surface area (TPSA) is 35.5 Å². The Hall–Kier alpha value is -1.13. The minimum atomic E-state index is -1.77. The molecule has 1 aliphatic rings. The van der Waals surface area contributed by atoms with Gasteiger partial charge in [-0.25, -0.2) is 0 Å². The van der Waals surface area contributed by atoms with Crippen LogP contribution in [0.5, 0.6) is 0 Å². The zero-order valence-corrected chi connectivity index (χ0v) is 15.1. The number of carbonyl (C=O) groups excluding carboxylic acids is 1. The molecule has 0 aromatic carbocycles. The molecule has 0 heterocycles. The maximum absolute atomic E-state index is 12.4. The van der Waals surface area contributed by atoms with Crippen LogP contribution in [0.2, 0.25) is 19.6 Å². The first-order chi connectivity index (χ1) is 9.77. The molecule has 1 fully saturated rings. The van der Waals surface area contributed by atoms with Gasteiger partial charge in [-0.05, 0) is 46.3 Å². The summed E-state index contributed by atoms with van der Waals surface area (Å²) in [6.45, 7) is 10.4. The highest BCUT2D eigenvalue weighted by atomic mass is 28.4. The molecule has 0 unspecified atom stereocenters. The highest BCUT2D eigenvalue weighted by molar-refractivity contribution is 6.69. The molecule has 4 heteroatoms. The Morgan fingerprint density at radius 2 is 1.86 bits per heavy atom. The quantitative estimate of drug-likeness (QED) is 0.305. The largest absolute Gasteiger partial charge is 0.468 e. The van der Waals surface area contributed by atoms with Crippen LogP contribution < -0.4 is 0 Å². The van der Waals surface area contributed by atoms with E-state index in [-0.39, 0.29) is 5.97 Å². The van der Waals surface area contributed by atoms with E-state index in [1.54, 1.807) is 0 Å². The SMILES string of the molecule is C/C=C/C=C\C[C@]1(C(=O)OC)C[C@]1(/C=C/C)O[Si](C)(C)C. The van der Waals surface area contributed by atoms with Crippen LogP contribution in [0.3, 0.4) is 0 Å². The highest BCUT2D eigenvalue weighted by Gasteiger charge is 2.72. The molecule has 0 saturated heterocycles. The predicted octanol–water partition coefficient (Wildman–Crippen LogP) is 4.24. The van der Waals surface area contributed by atoms with Gasteiger partial charge >= 0.3 is 5.97 Å². The van der Waals surface area contributed by atoms with Crippen LogP contribution in [0.15, 0.2) is 36.5 Å². The Kier molecular flexibility index (Phi) is 5.76. The summed E-state index contributed by atoms with van der Waals surface area (Å²) in [4.78, 5) is 12.4. The van der Waals surface area contributed by atoms with Crippen molar-refractivity contribution in [2.24, 2.45) is 5.41 Å². The first-order valence-corrected chi connectivity index (χ1v) is 10.9. The van der Waals surface area contributed by atoms with Gasteiger partial charge in [-0.2, -0.15) is 0 Å². The maximum atomic E-state index is 12.4. The Labute approximate surface area is 129 Å². The van der Waals surface area contributed by atoms with E-state index in [0.29, 0.717) is 12.8 Å². The summed E-state index contributed by atoms with van der Waals surface area (Å²) >= 11 is 0. The normalized spacial score (nSPS) is 29.6. The van der Waals surface area contributed by atoms with E-state index in [1.807, 2.05) is 50.3 Å². The van der Waals surface area contributed by atoms with E-state index in [2.05, 4.69) is 19.6 Å². The van der Waals surface area contributed by atoms with Crippen molar-refractivity contribution in [2.75, 3.05) is 7.11 Å². The number of rotatable bonds is 7. The number of allylic oxidation sites excluding steroid dienone is 5. The molecule has 21 heavy (non-hydrogen) atoms. The second kappa shape index (κ2) is 6.75. The fourth-order valence-corrected chi connectivity index (χ4v) is 4.26. The summed E-state index contributed by atoms with van der Waals surface area (Å²) in [7, 11) is -0.315. The molecule has 0 aromatic rings. The lowest BCUT2D eigenvalue weighted by atomic mass is 9.96. The van der Waals surface area contributed by atoms with Crippen molar-refractivity contribution in [3.05, 3.63) is 36.5 Å². The summed E-state index contributed by atoms with van der Waals surface area (Å²) in [6, 6.07) is 0. The fraction of sp³-hybridized carbons (Fsp3) is 0.588. The smallest absolute Gasteiger partial charge is 0.315 e. The van der Waals surface area contributed by atoms with Crippen LogP contribution in [0, 0.1) is 5.41 Å². The first-order valence-electron chi connectivity index (χ1n) is 7.47. The number of esters is 1. The van der Waals surface area contributed by atoms with Crippen LogP contribution in [-0.4, -0.2) is 27.0 Å². The molecule has 0 amide bonds. The van der Waals surface area contributed by atoms with Gasteiger partial charge in [0.2, 0.25) is 0 Å². The van der Waals surface area contributed by atoms with Crippen molar-refractivity contribution in [1.29, 1.82) is 0 Å². The van der Waals surface area contributed by atoms with Gasteiger partial charge in [-0.3, -0.25) is 4.79 Å². The van der Waals surface area contributed by atoms with Crippen LogP contribution in [0.1, 0.15) is 26.7 Å². The molecule has 0 aliphatic heterocycles. The van der Waals surface area contributed by atoms with E-state index >= 15 is 0 Å². The van der Waals surface area contributed by atoms with E-state index in [4.69, 9.17) is 9.16 Å². The molecule has 0 aromatic heterocycles. The number of methoxy groups -OCH3 is 1. The molecule has 118 valence electrons. The molecule has 2 atom stereocenters. The fourth-order valence-electron chi connectivity index (χ4n) is 2.83. The molecule has 0 radical (unpaired) electrons. The van der Waals surface area contributed by atoms with Crippen molar-refractivity contribution < 1.29 is 14.0 Å². The number of hydrogen-bond donors (Lipinski definition) is 0. The summed E-state index contributed by atoms with van der Waals surface area (Å²) < 4.78 is 11.4. The van der Waals surface area contributed by atoms with Gasteiger partial charge in [0.1, 0.15) is 5.41 Å². The maximum Gasteiger partial charge on any atom is 0.315 e. The summed E-state index contributed by atoms with van der Waals surface area (Å²) in [5.41, 5.74) is -1.08. The number of carbonyl (C=O) groups is 1. The molecule has 1 aliphatic carbocycles. The van der Waals surface area contributed by atoms with Crippen molar-refractivity contribution in [3.8, 4) is 0 Å². The first kappa shape index (κ1) is 17.9. The van der Waals surface area contributed by atoms with E-state index in [9.17, 15) is 4.79 Å². The monoisotopic (exact) mass is 308 g/mol. The van der Waals surface area contributed by atoms with Crippen molar-refractivity contribution in [1.82, 2.24) is 0 Å². The summed E-state index contributed by atoms with van der Waals surface area (Å²) in [5, 5.41) is 0. The zero-order valence-electron chi connectivity index (χ0n) is 14.1. The highest BCUT2D eigenvalue weighted by Crippen LogP contribution is 2.63. The van der Waals surface area contributed by atoms with Gasteiger partial charge in [0.05, 0.1) is 12.7 Å². The summed E-state index contributed by atoms with van der Waals surface area (Å²) in [5.74, 6) is -0.177. The molecule has 0 bridgehead atoms. The third kappa shape index (κ3) is 3.95. The Morgan fingerprint density at radius 3 is 2.33 bits per heavy atom. The van der Waals surface area contributed by atoms with Gasteiger partial charge in [-0.15, -0.1) is 0 Å². The van der Waals surface area contributed by atoms with Gasteiger partial charge in [0.15, 0.2) is 8.32 Å². The minimum absolute atomic E-state index is 0.177. The molecule has 3 nitrogen and oxygen atoms in total. The summed E-state index contributed by atoms with van der Waals surface area (Å²) in [6.07, 6.45) is 13.3. The van der Waals surface area contributed by atoms with E-state index < -0.39 is 19.3 Å². The third-order valence-electron chi connectivity index (χ3n) is 3.66. The molecule has 0 N–H and O–H groups in total. The molecular weight excluding hydrogens is 280 g/mol. The van der Waals surface area contributed by atoms with Crippen LogP contribution >= 0.6 is 0 Å². The van der Waals surface area contributed by atoms with Gasteiger partial charge < -0.3 is 9.16 Å². The van der Waals surface area contributed by atoms with E-state index in [1.165, 1.54) is 7.11 Å². The second-order valence-electron chi connectivity index (χ2n) is 6.51. The molecular formula is C17H28O3Si. The van der Waals surface area contributed by atoms with Gasteiger partial charge in [0.25, 0.3) is 0 Å². The van der Waals surface area contributed by atoms with Gasteiger partial charge in [-0.1, -0.05) is 36.5 Å².